The summed E-state index contributed by atoms with van der Waals surface area (Å²) in [6.45, 7) is 0. The third-order valence-corrected chi connectivity index (χ3v) is 1.68. The van der Waals surface area contributed by atoms with Crippen LogP contribution in [0.15, 0.2) is 24.4 Å². The zero-order valence-corrected chi connectivity index (χ0v) is 6.66. The number of fused-ring (bicyclic) bond motifs is 1. The Hall–Kier alpha value is -1.95. The lowest BCUT2D eigenvalue weighted by molar-refractivity contribution is 0.583. The van der Waals surface area contributed by atoms with E-state index in [1.165, 1.54) is 0 Å². The van der Waals surface area contributed by atoms with Gasteiger partial charge in [0, 0.05) is 5.56 Å². The minimum absolute atomic E-state index is 0.482. The number of terminal acetylenes is 1. The Balaban J connectivity index is 2.77. The van der Waals surface area contributed by atoms with Gasteiger partial charge in [-0.1, -0.05) is 5.92 Å². The second kappa shape index (κ2) is 2.83. The summed E-state index contributed by atoms with van der Waals surface area (Å²) in [4.78, 5) is 7.51. The second-order valence-electron chi connectivity index (χ2n) is 2.54. The van der Waals surface area contributed by atoms with Crippen molar-refractivity contribution in [3.63, 3.8) is 0 Å². The predicted molar refractivity (Wildman–Crippen MR) is 47.4 cm³/mol. The zero-order chi connectivity index (χ0) is 9.26. The van der Waals surface area contributed by atoms with Crippen LogP contribution in [-0.4, -0.2) is 9.97 Å². The van der Waals surface area contributed by atoms with Gasteiger partial charge in [-0.25, -0.2) is 9.97 Å². The average Bonchev–Trinajstić information content (AvgIpc) is 2.16. The van der Waals surface area contributed by atoms with Gasteiger partial charge in [0.1, 0.15) is 0 Å². The fraction of sp³-hybridized carbons (Fsp3) is 0. The van der Waals surface area contributed by atoms with Crippen molar-refractivity contribution >= 4 is 11.0 Å². The zero-order valence-electron chi connectivity index (χ0n) is 6.66. The first kappa shape index (κ1) is 7.69. The molecule has 0 aliphatic carbocycles. The Bertz CT molecular complexity index is 500. The van der Waals surface area contributed by atoms with Gasteiger partial charge in [-0.05, 0) is 18.2 Å². The van der Waals surface area contributed by atoms with Crippen LogP contribution in [0.1, 0.15) is 5.56 Å². The van der Waals surface area contributed by atoms with Gasteiger partial charge < -0.3 is 0 Å². The molecule has 0 amide bonds. The van der Waals surface area contributed by atoms with Crippen molar-refractivity contribution < 1.29 is 4.39 Å². The molecular weight excluding hydrogens is 167 g/mol. The van der Waals surface area contributed by atoms with E-state index in [0.717, 1.165) is 6.20 Å². The maximum Gasteiger partial charge on any atom is 0.231 e. The van der Waals surface area contributed by atoms with E-state index in [-0.39, 0.29) is 0 Å². The first-order valence-corrected chi connectivity index (χ1v) is 3.68. The van der Waals surface area contributed by atoms with E-state index in [1.807, 2.05) is 0 Å². The van der Waals surface area contributed by atoms with Crippen LogP contribution in [0.4, 0.5) is 4.39 Å². The predicted octanol–water partition coefficient (Wildman–Crippen LogP) is 1.75. The number of hydrogen-bond donors (Lipinski definition) is 0. The van der Waals surface area contributed by atoms with E-state index in [2.05, 4.69) is 15.9 Å². The van der Waals surface area contributed by atoms with Crippen molar-refractivity contribution in [3.05, 3.63) is 35.9 Å². The molecule has 2 rings (SSSR count). The lowest BCUT2D eigenvalue weighted by Gasteiger charge is -1.96. The highest BCUT2D eigenvalue weighted by atomic mass is 19.1. The summed E-state index contributed by atoms with van der Waals surface area (Å²) >= 11 is 0. The highest BCUT2D eigenvalue weighted by Crippen LogP contribution is 2.10. The molecule has 0 saturated carbocycles. The highest BCUT2D eigenvalue weighted by molar-refractivity contribution is 5.75. The maximum atomic E-state index is 12.6. The van der Waals surface area contributed by atoms with Crippen LogP contribution >= 0.6 is 0 Å². The summed E-state index contributed by atoms with van der Waals surface area (Å²) in [5.41, 5.74) is 1.79. The molecule has 0 spiro atoms. The van der Waals surface area contributed by atoms with Crippen molar-refractivity contribution in [2.75, 3.05) is 0 Å². The molecule has 0 aliphatic rings. The Morgan fingerprint density at radius 1 is 1.31 bits per heavy atom. The third kappa shape index (κ3) is 1.34. The van der Waals surface area contributed by atoms with E-state index in [9.17, 15) is 4.39 Å². The first-order valence-electron chi connectivity index (χ1n) is 3.68. The van der Waals surface area contributed by atoms with Crippen molar-refractivity contribution in [3.8, 4) is 12.3 Å². The van der Waals surface area contributed by atoms with E-state index in [1.54, 1.807) is 18.2 Å². The number of nitrogens with zero attached hydrogens (tertiary/aromatic N) is 2. The fourth-order valence-electron chi connectivity index (χ4n) is 1.08. The Morgan fingerprint density at radius 2 is 2.15 bits per heavy atom. The molecule has 1 aromatic heterocycles. The molecule has 0 fully saturated rings. The van der Waals surface area contributed by atoms with Crippen LogP contribution in [0.3, 0.4) is 0 Å². The number of benzene rings is 1. The average molecular weight is 172 g/mol. The van der Waals surface area contributed by atoms with Gasteiger partial charge in [0.05, 0.1) is 17.2 Å². The number of hydrogen-bond acceptors (Lipinski definition) is 2. The smallest absolute Gasteiger partial charge is 0.231 e. The second-order valence-corrected chi connectivity index (χ2v) is 2.54. The van der Waals surface area contributed by atoms with Crippen molar-refractivity contribution in [1.82, 2.24) is 9.97 Å². The largest absolute Gasteiger partial charge is 0.250 e. The summed E-state index contributed by atoms with van der Waals surface area (Å²) < 4.78 is 12.6. The topological polar surface area (TPSA) is 25.8 Å². The lowest BCUT2D eigenvalue weighted by atomic mass is 10.2. The standard InChI is InChI=1S/C10H5FN2/c1-2-7-3-4-8-9(5-7)13-10(11)6-12-8/h1,3-6H. The first-order chi connectivity index (χ1) is 6.29. The quantitative estimate of drug-likeness (QED) is 0.566. The van der Waals surface area contributed by atoms with E-state index < -0.39 is 5.95 Å². The van der Waals surface area contributed by atoms with Gasteiger partial charge in [0.25, 0.3) is 0 Å². The van der Waals surface area contributed by atoms with Crippen molar-refractivity contribution in [2.24, 2.45) is 0 Å². The molecule has 3 heteroatoms. The van der Waals surface area contributed by atoms with Crippen LogP contribution in [-0.2, 0) is 0 Å². The summed E-state index contributed by atoms with van der Waals surface area (Å²) in [5, 5.41) is 0. The fourth-order valence-corrected chi connectivity index (χ4v) is 1.08. The number of halogens is 1. The van der Waals surface area contributed by atoms with Gasteiger partial charge in [0.15, 0.2) is 0 Å². The summed E-state index contributed by atoms with van der Waals surface area (Å²) in [6, 6.07) is 5.09. The van der Waals surface area contributed by atoms with Crippen LogP contribution in [0.5, 0.6) is 0 Å². The minimum atomic E-state index is -0.596. The molecule has 0 atom stereocenters. The normalized spacial score (nSPS) is 9.85. The molecule has 1 heterocycles. The molecule has 0 saturated heterocycles. The lowest BCUT2D eigenvalue weighted by Crippen LogP contribution is -1.88. The molecule has 13 heavy (non-hydrogen) atoms. The molecule has 0 N–H and O–H groups in total. The SMILES string of the molecule is C#Cc1ccc2ncc(F)nc2c1. The minimum Gasteiger partial charge on any atom is -0.250 e. The van der Waals surface area contributed by atoms with Crippen LogP contribution in [0.2, 0.25) is 0 Å². The summed E-state index contributed by atoms with van der Waals surface area (Å²) in [7, 11) is 0. The summed E-state index contributed by atoms with van der Waals surface area (Å²) in [5.74, 6) is 1.85. The van der Waals surface area contributed by atoms with Crippen LogP contribution in [0.25, 0.3) is 11.0 Å². The summed E-state index contributed by atoms with van der Waals surface area (Å²) in [6.07, 6.45) is 6.27. The highest BCUT2D eigenvalue weighted by Gasteiger charge is 1.98. The molecule has 62 valence electrons. The van der Waals surface area contributed by atoms with Crippen LogP contribution < -0.4 is 0 Å². The van der Waals surface area contributed by atoms with Gasteiger partial charge in [-0.2, -0.15) is 4.39 Å². The van der Waals surface area contributed by atoms with Gasteiger partial charge in [-0.3, -0.25) is 0 Å². The molecule has 0 bridgehead atoms. The third-order valence-electron chi connectivity index (χ3n) is 1.68. The van der Waals surface area contributed by atoms with Crippen LogP contribution in [0, 0.1) is 18.3 Å². The number of rotatable bonds is 0. The Labute approximate surface area is 74.4 Å². The molecule has 2 nitrogen and oxygen atoms in total. The van der Waals surface area contributed by atoms with Gasteiger partial charge in [-0.15, -0.1) is 6.42 Å². The monoisotopic (exact) mass is 172 g/mol. The Morgan fingerprint density at radius 3 is 2.92 bits per heavy atom. The van der Waals surface area contributed by atoms with E-state index >= 15 is 0 Å². The molecule has 1 aromatic carbocycles. The van der Waals surface area contributed by atoms with Gasteiger partial charge in [0.2, 0.25) is 5.95 Å². The number of aromatic nitrogens is 2. The molecule has 0 aliphatic heterocycles. The van der Waals surface area contributed by atoms with Crippen molar-refractivity contribution in [1.29, 1.82) is 0 Å². The molecular formula is C10H5FN2. The Kier molecular flexibility index (Phi) is 1.67. The molecule has 2 aromatic rings. The van der Waals surface area contributed by atoms with Gasteiger partial charge >= 0.3 is 0 Å². The van der Waals surface area contributed by atoms with E-state index in [4.69, 9.17) is 6.42 Å². The molecule has 0 unspecified atom stereocenters. The van der Waals surface area contributed by atoms with E-state index in [0.29, 0.717) is 16.6 Å². The van der Waals surface area contributed by atoms with Crippen molar-refractivity contribution in [2.45, 2.75) is 0 Å². The maximum absolute atomic E-state index is 12.6. The molecule has 0 radical (unpaired) electrons.